The highest BCUT2D eigenvalue weighted by atomic mass is 19.3. The number of carbonyl (C=O) groups excluding carboxylic acids is 2. The number of hydrogen-bond acceptors (Lipinski definition) is 6. The van der Waals surface area contributed by atoms with E-state index in [1.807, 2.05) is 18.2 Å². The van der Waals surface area contributed by atoms with Crippen molar-refractivity contribution < 1.29 is 33.0 Å². The minimum atomic E-state index is -2.96. The van der Waals surface area contributed by atoms with Gasteiger partial charge in [0.2, 0.25) is 5.91 Å². The quantitative estimate of drug-likeness (QED) is 0.490. The summed E-state index contributed by atoms with van der Waals surface area (Å²) >= 11 is 0. The van der Waals surface area contributed by atoms with Crippen LogP contribution in [0.3, 0.4) is 0 Å². The van der Waals surface area contributed by atoms with Crippen LogP contribution in [0.5, 0.6) is 11.5 Å². The number of likely N-dealkylation sites (tertiary alicyclic amines) is 1. The van der Waals surface area contributed by atoms with Crippen molar-refractivity contribution in [3.63, 3.8) is 0 Å². The number of ether oxygens (including phenoxy) is 2. The highest BCUT2D eigenvalue weighted by Crippen LogP contribution is 2.39. The highest BCUT2D eigenvalue weighted by molar-refractivity contribution is 5.98. The average molecular weight is 530 g/mol. The minimum absolute atomic E-state index is 0.0110. The molecule has 1 saturated heterocycles. The standard InChI is InChI=1S/C28H33F2N3O5/c1-16(34)33-14-21(19-7-8-24(38-28(29)30)25(11-19)37-15-17-3-4-17)10-23(33)26(35)31-12-18-5-6-20-13-32(2)27(36)22(20)9-18/h5-9,11,16-17,21,23,28,34H,3-4,10,12-15H2,1-2H3,(H,31,35)/t16?,21-,23-/m1/s1. The zero-order valence-electron chi connectivity index (χ0n) is 21.5. The maximum atomic E-state index is 13.2. The largest absolute Gasteiger partial charge is 0.489 e. The molecule has 0 bridgehead atoms. The van der Waals surface area contributed by atoms with E-state index in [1.54, 1.807) is 35.9 Å². The SMILES string of the molecule is CC(O)N1C[C@H](c2ccc(OC(F)F)c(OCC3CC3)c2)C[C@@H]1C(=O)NCc1ccc2c(c1)C(=O)N(C)C2. The summed E-state index contributed by atoms with van der Waals surface area (Å²) < 4.78 is 36.3. The van der Waals surface area contributed by atoms with Gasteiger partial charge in [-0.05, 0) is 72.9 Å². The van der Waals surface area contributed by atoms with Crippen LogP contribution in [0, 0.1) is 5.92 Å². The van der Waals surface area contributed by atoms with Crippen molar-refractivity contribution >= 4 is 11.8 Å². The van der Waals surface area contributed by atoms with E-state index >= 15 is 0 Å². The van der Waals surface area contributed by atoms with E-state index < -0.39 is 18.9 Å². The molecule has 0 aromatic heterocycles. The average Bonchev–Trinajstić information content (AvgIpc) is 3.53. The summed E-state index contributed by atoms with van der Waals surface area (Å²) in [5, 5.41) is 13.4. The van der Waals surface area contributed by atoms with Crippen molar-refractivity contribution in [3.8, 4) is 11.5 Å². The topological polar surface area (TPSA) is 91.3 Å². The van der Waals surface area contributed by atoms with Crippen LogP contribution in [0.2, 0.25) is 0 Å². The lowest BCUT2D eigenvalue weighted by Gasteiger charge is -2.26. The molecule has 10 heteroatoms. The fourth-order valence-electron chi connectivity index (χ4n) is 5.26. The van der Waals surface area contributed by atoms with E-state index in [9.17, 15) is 23.5 Å². The van der Waals surface area contributed by atoms with Gasteiger partial charge in [-0.3, -0.25) is 14.5 Å². The van der Waals surface area contributed by atoms with Crippen molar-refractivity contribution in [2.24, 2.45) is 5.92 Å². The Morgan fingerprint density at radius 3 is 2.68 bits per heavy atom. The van der Waals surface area contributed by atoms with Crippen molar-refractivity contribution in [2.45, 2.75) is 64.1 Å². The molecule has 2 amide bonds. The fraction of sp³-hybridized carbons (Fsp3) is 0.500. The second-order valence-corrected chi connectivity index (χ2v) is 10.5. The van der Waals surface area contributed by atoms with Crippen LogP contribution < -0.4 is 14.8 Å². The van der Waals surface area contributed by atoms with Crippen LogP contribution in [0.4, 0.5) is 8.78 Å². The molecule has 0 spiro atoms. The number of fused-ring (bicyclic) bond motifs is 1. The van der Waals surface area contributed by atoms with Gasteiger partial charge in [0.25, 0.3) is 5.91 Å². The number of amides is 2. The molecule has 38 heavy (non-hydrogen) atoms. The molecule has 2 aromatic rings. The molecule has 2 N–H and O–H groups in total. The summed E-state index contributed by atoms with van der Waals surface area (Å²) in [6.07, 6.45) is 1.72. The molecule has 2 fully saturated rings. The molecular weight excluding hydrogens is 496 g/mol. The summed E-state index contributed by atoms with van der Waals surface area (Å²) in [4.78, 5) is 28.9. The number of carbonyl (C=O) groups is 2. The third kappa shape index (κ3) is 5.76. The van der Waals surface area contributed by atoms with Crippen LogP contribution in [0.25, 0.3) is 0 Å². The molecule has 3 atom stereocenters. The lowest BCUT2D eigenvalue weighted by Crippen LogP contribution is -2.46. The number of aliphatic hydroxyl groups excluding tert-OH is 1. The van der Waals surface area contributed by atoms with Crippen molar-refractivity contribution in [2.75, 3.05) is 20.2 Å². The number of benzene rings is 2. The molecule has 204 valence electrons. The van der Waals surface area contributed by atoms with Crippen LogP contribution >= 0.6 is 0 Å². The normalized spacial score (nSPS) is 22.1. The first-order valence-corrected chi connectivity index (χ1v) is 13.0. The fourth-order valence-corrected chi connectivity index (χ4v) is 5.26. The zero-order valence-corrected chi connectivity index (χ0v) is 21.5. The number of nitrogens with one attached hydrogen (secondary N) is 1. The van der Waals surface area contributed by atoms with E-state index in [0.29, 0.717) is 37.6 Å². The molecule has 8 nitrogen and oxygen atoms in total. The van der Waals surface area contributed by atoms with Crippen LogP contribution in [0.15, 0.2) is 36.4 Å². The molecule has 0 radical (unpaired) electrons. The molecule has 1 unspecified atom stereocenters. The minimum Gasteiger partial charge on any atom is -0.489 e. The van der Waals surface area contributed by atoms with Gasteiger partial charge >= 0.3 is 6.61 Å². The molecule has 1 aliphatic carbocycles. The molecule has 2 aliphatic heterocycles. The lowest BCUT2D eigenvalue weighted by atomic mass is 9.95. The zero-order chi connectivity index (χ0) is 27.0. The molecule has 2 heterocycles. The smallest absolute Gasteiger partial charge is 0.387 e. The maximum Gasteiger partial charge on any atom is 0.387 e. The predicted molar refractivity (Wildman–Crippen MR) is 135 cm³/mol. The Balaban J connectivity index is 1.27. The Labute approximate surface area is 220 Å². The lowest BCUT2D eigenvalue weighted by molar-refractivity contribution is -0.129. The molecule has 5 rings (SSSR count). The maximum absolute atomic E-state index is 13.2. The first-order chi connectivity index (χ1) is 18.2. The Kier molecular flexibility index (Phi) is 7.54. The molecule has 1 saturated carbocycles. The van der Waals surface area contributed by atoms with Gasteiger partial charge < -0.3 is 24.8 Å². The predicted octanol–water partition coefficient (Wildman–Crippen LogP) is 3.48. The Morgan fingerprint density at radius 1 is 1.18 bits per heavy atom. The first kappa shape index (κ1) is 26.4. The number of hydrogen-bond donors (Lipinski definition) is 2. The second-order valence-electron chi connectivity index (χ2n) is 10.5. The van der Waals surface area contributed by atoms with Crippen LogP contribution in [0.1, 0.15) is 59.2 Å². The monoisotopic (exact) mass is 529 g/mol. The van der Waals surface area contributed by atoms with Crippen LogP contribution in [-0.4, -0.2) is 65.8 Å². The number of aliphatic hydroxyl groups is 1. The van der Waals surface area contributed by atoms with E-state index in [4.69, 9.17) is 4.74 Å². The summed E-state index contributed by atoms with van der Waals surface area (Å²) in [5.74, 6) is 0.328. The van der Waals surface area contributed by atoms with Crippen LogP contribution in [-0.2, 0) is 17.9 Å². The summed E-state index contributed by atoms with van der Waals surface area (Å²) in [6, 6.07) is 9.97. The van der Waals surface area contributed by atoms with E-state index in [0.717, 1.165) is 29.5 Å². The van der Waals surface area contributed by atoms with E-state index in [2.05, 4.69) is 10.1 Å². The van der Waals surface area contributed by atoms with Gasteiger partial charge in [-0.15, -0.1) is 0 Å². The van der Waals surface area contributed by atoms with Gasteiger partial charge in [-0.25, -0.2) is 0 Å². The third-order valence-electron chi connectivity index (χ3n) is 7.57. The number of alkyl halides is 2. The molecular formula is C28H33F2N3O5. The van der Waals surface area contributed by atoms with Gasteiger partial charge in [-0.1, -0.05) is 18.2 Å². The van der Waals surface area contributed by atoms with Gasteiger partial charge in [-0.2, -0.15) is 8.78 Å². The number of halogens is 2. The van der Waals surface area contributed by atoms with Gasteiger partial charge in [0.1, 0.15) is 6.23 Å². The second kappa shape index (κ2) is 10.9. The van der Waals surface area contributed by atoms with Crippen molar-refractivity contribution in [1.29, 1.82) is 0 Å². The Hall–Kier alpha value is -3.24. The first-order valence-electron chi connectivity index (χ1n) is 13.0. The highest BCUT2D eigenvalue weighted by Gasteiger charge is 2.39. The number of nitrogens with zero attached hydrogens (tertiary/aromatic N) is 2. The molecule has 2 aromatic carbocycles. The molecule has 3 aliphatic rings. The van der Waals surface area contributed by atoms with E-state index in [-0.39, 0.29) is 35.8 Å². The summed E-state index contributed by atoms with van der Waals surface area (Å²) in [6.45, 7) is 0.372. The number of rotatable bonds is 10. The van der Waals surface area contributed by atoms with E-state index in [1.165, 1.54) is 6.07 Å². The van der Waals surface area contributed by atoms with Gasteiger partial charge in [0.15, 0.2) is 11.5 Å². The van der Waals surface area contributed by atoms with Gasteiger partial charge in [0, 0.05) is 32.2 Å². The summed E-state index contributed by atoms with van der Waals surface area (Å²) in [5.41, 5.74) is 3.28. The summed E-state index contributed by atoms with van der Waals surface area (Å²) in [7, 11) is 1.76. The third-order valence-corrected chi connectivity index (χ3v) is 7.57. The van der Waals surface area contributed by atoms with Crippen molar-refractivity contribution in [3.05, 3.63) is 58.7 Å². The van der Waals surface area contributed by atoms with Crippen molar-refractivity contribution in [1.82, 2.24) is 15.1 Å². The van der Waals surface area contributed by atoms with Gasteiger partial charge in [0.05, 0.1) is 12.6 Å². The Morgan fingerprint density at radius 2 is 1.97 bits per heavy atom. The Bertz CT molecular complexity index is 1200.